The minimum Gasteiger partial charge on any atom is -0.276 e. The molecule has 112 valence electrons. The van der Waals surface area contributed by atoms with Crippen LogP contribution < -0.4 is 11.3 Å². The molecule has 0 bridgehead atoms. The molecule has 1 atom stereocenters. The summed E-state index contributed by atoms with van der Waals surface area (Å²) in [5, 5.41) is 4.24. The van der Waals surface area contributed by atoms with Crippen LogP contribution in [0.5, 0.6) is 0 Å². The van der Waals surface area contributed by atoms with E-state index in [1.807, 2.05) is 17.9 Å². The van der Waals surface area contributed by atoms with Crippen LogP contribution in [0.3, 0.4) is 0 Å². The smallest absolute Gasteiger partial charge is 0.0521 e. The van der Waals surface area contributed by atoms with Crippen LogP contribution in [0.15, 0.2) is 42.7 Å². The first-order valence-corrected chi connectivity index (χ1v) is 7.74. The maximum Gasteiger partial charge on any atom is 0.0521 e. The van der Waals surface area contributed by atoms with Gasteiger partial charge in [0.05, 0.1) is 6.20 Å². The van der Waals surface area contributed by atoms with E-state index in [2.05, 4.69) is 47.1 Å². The van der Waals surface area contributed by atoms with Gasteiger partial charge in [0.15, 0.2) is 0 Å². The molecular weight excluding hydrogens is 260 g/mol. The SMILES string of the molecule is Cn1cc(CCC(NN)C2(c3ccccc3)CCC2)cn1. The highest BCUT2D eigenvalue weighted by Crippen LogP contribution is 2.47. The zero-order valence-corrected chi connectivity index (χ0v) is 12.6. The summed E-state index contributed by atoms with van der Waals surface area (Å²) in [5.74, 6) is 5.90. The Morgan fingerprint density at radius 2 is 2.10 bits per heavy atom. The largest absolute Gasteiger partial charge is 0.276 e. The molecule has 1 fully saturated rings. The molecule has 0 saturated heterocycles. The van der Waals surface area contributed by atoms with E-state index in [0.29, 0.717) is 6.04 Å². The van der Waals surface area contributed by atoms with Crippen LogP contribution in [-0.2, 0) is 18.9 Å². The van der Waals surface area contributed by atoms with Crippen LogP contribution >= 0.6 is 0 Å². The first kappa shape index (κ1) is 14.3. The van der Waals surface area contributed by atoms with Crippen molar-refractivity contribution in [2.24, 2.45) is 12.9 Å². The molecule has 2 aromatic rings. The Bertz CT molecular complexity index is 571. The molecule has 1 aliphatic rings. The quantitative estimate of drug-likeness (QED) is 0.632. The van der Waals surface area contributed by atoms with Crippen LogP contribution in [0.2, 0.25) is 0 Å². The van der Waals surface area contributed by atoms with Crippen molar-refractivity contribution in [2.45, 2.75) is 43.6 Å². The number of hydrogen-bond donors (Lipinski definition) is 2. The average Bonchev–Trinajstić information content (AvgIpc) is 2.88. The Labute approximate surface area is 126 Å². The van der Waals surface area contributed by atoms with Gasteiger partial charge in [0.1, 0.15) is 0 Å². The van der Waals surface area contributed by atoms with Gasteiger partial charge in [-0.2, -0.15) is 5.10 Å². The third-order valence-corrected chi connectivity index (χ3v) is 4.94. The summed E-state index contributed by atoms with van der Waals surface area (Å²) in [6, 6.07) is 11.1. The van der Waals surface area contributed by atoms with E-state index in [1.54, 1.807) is 0 Å². The van der Waals surface area contributed by atoms with Gasteiger partial charge in [0, 0.05) is 24.7 Å². The second kappa shape index (κ2) is 6.00. The molecule has 1 aliphatic carbocycles. The van der Waals surface area contributed by atoms with Gasteiger partial charge in [0.25, 0.3) is 0 Å². The Balaban J connectivity index is 1.74. The topological polar surface area (TPSA) is 55.9 Å². The minimum absolute atomic E-state index is 0.207. The molecule has 1 aromatic heterocycles. The van der Waals surface area contributed by atoms with Crippen LogP contribution in [0.25, 0.3) is 0 Å². The molecule has 4 nitrogen and oxygen atoms in total. The summed E-state index contributed by atoms with van der Waals surface area (Å²) in [4.78, 5) is 0. The lowest BCUT2D eigenvalue weighted by Gasteiger charge is -2.48. The average molecular weight is 284 g/mol. The van der Waals surface area contributed by atoms with Gasteiger partial charge in [0.2, 0.25) is 0 Å². The first-order chi connectivity index (χ1) is 10.2. The van der Waals surface area contributed by atoms with Crippen molar-refractivity contribution in [3.05, 3.63) is 53.9 Å². The summed E-state index contributed by atoms with van der Waals surface area (Å²) in [6.45, 7) is 0. The van der Waals surface area contributed by atoms with Gasteiger partial charge in [-0.25, -0.2) is 0 Å². The number of hydrazine groups is 1. The van der Waals surface area contributed by atoms with Crippen LogP contribution in [0, 0.1) is 0 Å². The summed E-state index contributed by atoms with van der Waals surface area (Å²) in [5.41, 5.74) is 6.00. The number of nitrogens with two attached hydrogens (primary N) is 1. The molecule has 1 heterocycles. The molecule has 21 heavy (non-hydrogen) atoms. The third kappa shape index (κ3) is 2.74. The van der Waals surface area contributed by atoms with E-state index >= 15 is 0 Å². The summed E-state index contributed by atoms with van der Waals surface area (Å²) >= 11 is 0. The lowest BCUT2D eigenvalue weighted by Crippen LogP contribution is -2.55. The lowest BCUT2D eigenvalue weighted by molar-refractivity contribution is 0.162. The summed E-state index contributed by atoms with van der Waals surface area (Å²) < 4.78 is 1.86. The summed E-state index contributed by atoms with van der Waals surface area (Å²) in [6.07, 6.45) is 9.82. The number of nitrogens with zero attached hydrogens (tertiary/aromatic N) is 2. The molecule has 0 radical (unpaired) electrons. The van der Waals surface area contributed by atoms with Crippen molar-refractivity contribution in [3.63, 3.8) is 0 Å². The summed E-state index contributed by atoms with van der Waals surface area (Å²) in [7, 11) is 1.96. The fourth-order valence-electron chi connectivity index (χ4n) is 3.60. The van der Waals surface area contributed by atoms with Crippen molar-refractivity contribution in [3.8, 4) is 0 Å². The molecular formula is C17H24N4. The Hall–Kier alpha value is -1.65. The predicted molar refractivity (Wildman–Crippen MR) is 84.6 cm³/mol. The van der Waals surface area contributed by atoms with Crippen LogP contribution in [0.1, 0.15) is 36.8 Å². The second-order valence-electron chi connectivity index (χ2n) is 6.16. The Kier molecular flexibility index (Phi) is 4.08. The molecule has 0 spiro atoms. The number of rotatable bonds is 6. The van der Waals surface area contributed by atoms with E-state index in [0.717, 1.165) is 12.8 Å². The standard InChI is InChI=1S/C17H24N4/c1-21-13-14(12-19-21)8-9-16(20-18)17(10-5-11-17)15-6-3-2-4-7-15/h2-4,6-7,12-13,16,20H,5,8-11,18H2,1H3. The number of aromatic nitrogens is 2. The van der Waals surface area contributed by atoms with Gasteiger partial charge in [-0.3, -0.25) is 16.0 Å². The first-order valence-electron chi connectivity index (χ1n) is 7.74. The number of nitrogens with one attached hydrogen (secondary N) is 1. The molecule has 0 aliphatic heterocycles. The van der Waals surface area contributed by atoms with Gasteiger partial charge in [-0.15, -0.1) is 0 Å². The number of benzene rings is 1. The second-order valence-corrected chi connectivity index (χ2v) is 6.16. The highest BCUT2D eigenvalue weighted by atomic mass is 15.2. The molecule has 1 unspecified atom stereocenters. The van der Waals surface area contributed by atoms with E-state index in [4.69, 9.17) is 5.84 Å². The monoisotopic (exact) mass is 284 g/mol. The van der Waals surface area contributed by atoms with Gasteiger partial charge >= 0.3 is 0 Å². The van der Waals surface area contributed by atoms with E-state index in [-0.39, 0.29) is 5.41 Å². The van der Waals surface area contributed by atoms with E-state index < -0.39 is 0 Å². The van der Waals surface area contributed by atoms with Crippen LogP contribution in [0.4, 0.5) is 0 Å². The molecule has 0 amide bonds. The Morgan fingerprint density at radius 3 is 2.62 bits per heavy atom. The zero-order valence-electron chi connectivity index (χ0n) is 12.6. The van der Waals surface area contributed by atoms with Gasteiger partial charge < -0.3 is 0 Å². The highest BCUT2D eigenvalue weighted by molar-refractivity contribution is 5.30. The maximum absolute atomic E-state index is 5.90. The van der Waals surface area contributed by atoms with Crippen molar-refractivity contribution in [2.75, 3.05) is 0 Å². The minimum atomic E-state index is 0.207. The van der Waals surface area contributed by atoms with Crippen molar-refractivity contribution in [1.29, 1.82) is 0 Å². The third-order valence-electron chi connectivity index (χ3n) is 4.94. The van der Waals surface area contributed by atoms with E-state index in [9.17, 15) is 0 Å². The fraction of sp³-hybridized carbons (Fsp3) is 0.471. The Morgan fingerprint density at radius 1 is 1.33 bits per heavy atom. The van der Waals surface area contributed by atoms with Gasteiger partial charge in [-0.1, -0.05) is 36.8 Å². The molecule has 4 heteroatoms. The predicted octanol–water partition coefficient (Wildman–Crippen LogP) is 2.31. The normalized spacial score (nSPS) is 18.2. The number of hydrogen-bond acceptors (Lipinski definition) is 3. The van der Waals surface area contributed by atoms with Crippen LogP contribution in [-0.4, -0.2) is 15.8 Å². The zero-order chi connectivity index (χ0) is 14.7. The molecule has 3 rings (SSSR count). The fourth-order valence-corrected chi connectivity index (χ4v) is 3.60. The molecule has 3 N–H and O–H groups in total. The molecule has 1 aromatic carbocycles. The van der Waals surface area contributed by atoms with Gasteiger partial charge in [-0.05, 0) is 36.8 Å². The van der Waals surface area contributed by atoms with Crippen molar-refractivity contribution >= 4 is 0 Å². The highest BCUT2D eigenvalue weighted by Gasteiger charge is 2.44. The molecule has 1 saturated carbocycles. The van der Waals surface area contributed by atoms with Crippen molar-refractivity contribution < 1.29 is 0 Å². The van der Waals surface area contributed by atoms with E-state index in [1.165, 1.54) is 30.4 Å². The number of aryl methyl sites for hydroxylation is 2. The maximum atomic E-state index is 5.90. The lowest BCUT2D eigenvalue weighted by atomic mass is 9.59. The van der Waals surface area contributed by atoms with Crippen molar-refractivity contribution in [1.82, 2.24) is 15.2 Å².